The Morgan fingerprint density at radius 3 is 2.84 bits per heavy atom. The summed E-state index contributed by atoms with van der Waals surface area (Å²) in [5.74, 6) is 0.347. The van der Waals surface area contributed by atoms with Gasteiger partial charge in [0.1, 0.15) is 0 Å². The summed E-state index contributed by atoms with van der Waals surface area (Å²) in [6.45, 7) is 0. The van der Waals surface area contributed by atoms with Crippen LogP contribution >= 0.6 is 11.8 Å². The number of para-hydroxylation sites is 1. The quantitative estimate of drug-likeness (QED) is 0.411. The van der Waals surface area contributed by atoms with Gasteiger partial charge in [-0.15, -0.1) is 0 Å². The van der Waals surface area contributed by atoms with E-state index in [0.717, 1.165) is 18.4 Å². The molecular formula is C20H18N2O2S. The first kappa shape index (κ1) is 16.1. The summed E-state index contributed by atoms with van der Waals surface area (Å²) in [4.78, 5) is 29.5. The molecule has 1 aliphatic carbocycles. The van der Waals surface area contributed by atoms with E-state index in [0.29, 0.717) is 16.1 Å². The van der Waals surface area contributed by atoms with E-state index in [1.807, 2.05) is 30.3 Å². The van der Waals surface area contributed by atoms with E-state index in [1.54, 1.807) is 13.1 Å². The molecule has 0 saturated carbocycles. The lowest BCUT2D eigenvalue weighted by Gasteiger charge is -2.09. The fourth-order valence-electron chi connectivity index (χ4n) is 3.29. The van der Waals surface area contributed by atoms with E-state index in [4.69, 9.17) is 0 Å². The summed E-state index contributed by atoms with van der Waals surface area (Å²) < 4.78 is 1.52. The van der Waals surface area contributed by atoms with Crippen LogP contribution in [0.3, 0.4) is 0 Å². The third-order valence-electron chi connectivity index (χ3n) is 4.69. The smallest absolute Gasteiger partial charge is 0.261 e. The topological polar surface area (TPSA) is 52.0 Å². The second kappa shape index (κ2) is 6.48. The Balaban J connectivity index is 1.57. The average Bonchev–Trinajstić information content (AvgIpc) is 3.11. The van der Waals surface area contributed by atoms with Crippen LogP contribution in [0, 0.1) is 0 Å². The van der Waals surface area contributed by atoms with Crippen molar-refractivity contribution in [3.63, 3.8) is 0 Å². The van der Waals surface area contributed by atoms with Crippen molar-refractivity contribution in [1.29, 1.82) is 0 Å². The first-order valence-electron chi connectivity index (χ1n) is 8.37. The average molecular weight is 350 g/mol. The monoisotopic (exact) mass is 350 g/mol. The Hall–Kier alpha value is -2.40. The highest BCUT2D eigenvalue weighted by Gasteiger charge is 2.15. The van der Waals surface area contributed by atoms with Crippen molar-refractivity contribution < 1.29 is 4.79 Å². The van der Waals surface area contributed by atoms with Crippen molar-refractivity contribution in [3.05, 3.63) is 69.5 Å². The highest BCUT2D eigenvalue weighted by Crippen LogP contribution is 2.24. The number of ketones is 1. The van der Waals surface area contributed by atoms with Gasteiger partial charge in [-0.3, -0.25) is 14.2 Å². The first-order valence-corrected chi connectivity index (χ1v) is 9.35. The molecule has 0 saturated heterocycles. The second-order valence-corrected chi connectivity index (χ2v) is 7.27. The molecule has 2 aromatic carbocycles. The van der Waals surface area contributed by atoms with Crippen LogP contribution in [-0.2, 0) is 19.9 Å². The molecule has 1 aromatic heterocycles. The van der Waals surface area contributed by atoms with Crippen molar-refractivity contribution in [3.8, 4) is 0 Å². The maximum atomic E-state index is 12.5. The number of nitrogens with zero attached hydrogens (tertiary/aromatic N) is 2. The molecule has 5 heteroatoms. The summed E-state index contributed by atoms with van der Waals surface area (Å²) in [6.07, 6.45) is 3.34. The second-order valence-electron chi connectivity index (χ2n) is 6.32. The molecule has 0 amide bonds. The predicted molar refractivity (Wildman–Crippen MR) is 101 cm³/mol. The summed E-state index contributed by atoms with van der Waals surface area (Å²) in [5, 5.41) is 1.16. The van der Waals surface area contributed by atoms with Gasteiger partial charge in [0.25, 0.3) is 5.56 Å². The van der Waals surface area contributed by atoms with Crippen molar-refractivity contribution in [2.24, 2.45) is 7.05 Å². The van der Waals surface area contributed by atoms with Crippen LogP contribution in [0.4, 0.5) is 0 Å². The number of rotatable bonds is 4. The Morgan fingerprint density at radius 1 is 1.16 bits per heavy atom. The number of fused-ring (bicyclic) bond motifs is 2. The lowest BCUT2D eigenvalue weighted by atomic mass is 10.0. The van der Waals surface area contributed by atoms with Crippen LogP contribution in [0.25, 0.3) is 10.9 Å². The normalized spacial score (nSPS) is 13.2. The van der Waals surface area contributed by atoms with Gasteiger partial charge in [-0.1, -0.05) is 36.0 Å². The summed E-state index contributed by atoms with van der Waals surface area (Å²) in [5.41, 5.74) is 3.99. The number of thioether (sulfide) groups is 1. The molecule has 0 aliphatic heterocycles. The van der Waals surface area contributed by atoms with E-state index >= 15 is 0 Å². The molecule has 4 rings (SSSR count). The van der Waals surface area contributed by atoms with Crippen LogP contribution in [0.2, 0.25) is 0 Å². The van der Waals surface area contributed by atoms with Crippen LogP contribution < -0.4 is 5.56 Å². The zero-order chi connectivity index (χ0) is 17.4. The van der Waals surface area contributed by atoms with Crippen LogP contribution in [0.5, 0.6) is 0 Å². The van der Waals surface area contributed by atoms with Gasteiger partial charge < -0.3 is 0 Å². The zero-order valence-corrected chi connectivity index (χ0v) is 14.8. The number of carbonyl (C=O) groups excluding carboxylic acids is 1. The Labute approximate surface area is 149 Å². The molecule has 0 atom stereocenters. The predicted octanol–water partition coefficient (Wildman–Crippen LogP) is 3.40. The van der Waals surface area contributed by atoms with Crippen LogP contribution in [0.1, 0.15) is 27.9 Å². The van der Waals surface area contributed by atoms with Crippen molar-refractivity contribution >= 4 is 28.4 Å². The fraction of sp³-hybridized carbons (Fsp3) is 0.250. The SMILES string of the molecule is Cn1c(SCC(=O)c2ccc3c(c2)CCC3)nc2ccccc2c1=O. The zero-order valence-electron chi connectivity index (χ0n) is 14.0. The van der Waals surface area contributed by atoms with Crippen molar-refractivity contribution in [2.45, 2.75) is 24.4 Å². The molecule has 0 bridgehead atoms. The molecule has 1 heterocycles. The minimum Gasteiger partial charge on any atom is -0.293 e. The lowest BCUT2D eigenvalue weighted by Crippen LogP contribution is -2.20. The van der Waals surface area contributed by atoms with E-state index in [9.17, 15) is 9.59 Å². The van der Waals surface area contributed by atoms with E-state index in [-0.39, 0.29) is 17.1 Å². The van der Waals surface area contributed by atoms with Gasteiger partial charge in [0, 0.05) is 12.6 Å². The van der Waals surface area contributed by atoms with Crippen molar-refractivity contribution in [2.75, 3.05) is 5.75 Å². The molecule has 1 aliphatic rings. The van der Waals surface area contributed by atoms with Gasteiger partial charge in [0.15, 0.2) is 10.9 Å². The van der Waals surface area contributed by atoms with Gasteiger partial charge in [-0.05, 0) is 48.6 Å². The first-order chi connectivity index (χ1) is 12.1. The largest absolute Gasteiger partial charge is 0.293 e. The van der Waals surface area contributed by atoms with E-state index in [1.165, 1.54) is 33.9 Å². The number of benzene rings is 2. The molecule has 0 radical (unpaired) electrons. The summed E-state index contributed by atoms with van der Waals surface area (Å²) in [7, 11) is 1.70. The molecule has 3 aromatic rings. The maximum absolute atomic E-state index is 12.5. The molecule has 4 nitrogen and oxygen atoms in total. The summed E-state index contributed by atoms with van der Waals surface area (Å²) >= 11 is 1.31. The lowest BCUT2D eigenvalue weighted by molar-refractivity contribution is 0.102. The number of aryl methyl sites for hydroxylation is 2. The van der Waals surface area contributed by atoms with Crippen molar-refractivity contribution in [1.82, 2.24) is 9.55 Å². The Kier molecular flexibility index (Phi) is 4.17. The molecule has 0 spiro atoms. The summed E-state index contributed by atoms with van der Waals surface area (Å²) in [6, 6.07) is 13.3. The number of carbonyl (C=O) groups is 1. The molecule has 126 valence electrons. The van der Waals surface area contributed by atoms with Crippen LogP contribution in [0.15, 0.2) is 52.4 Å². The number of hydrogen-bond acceptors (Lipinski definition) is 4. The maximum Gasteiger partial charge on any atom is 0.261 e. The van der Waals surface area contributed by atoms with Gasteiger partial charge in [0.2, 0.25) is 0 Å². The third kappa shape index (κ3) is 3.00. The van der Waals surface area contributed by atoms with Gasteiger partial charge in [-0.25, -0.2) is 4.98 Å². The van der Waals surface area contributed by atoms with Crippen LogP contribution in [-0.4, -0.2) is 21.1 Å². The third-order valence-corrected chi connectivity index (χ3v) is 5.72. The number of Topliss-reactive ketones (excluding diaryl/α,β-unsaturated/α-hetero) is 1. The Bertz CT molecular complexity index is 1040. The minimum atomic E-state index is -0.0851. The fourth-order valence-corrected chi connectivity index (χ4v) is 4.15. The number of hydrogen-bond donors (Lipinski definition) is 0. The minimum absolute atomic E-state index is 0.0714. The van der Waals surface area contributed by atoms with E-state index in [2.05, 4.69) is 11.1 Å². The highest BCUT2D eigenvalue weighted by atomic mass is 32.2. The molecule has 0 N–H and O–H groups in total. The molecule has 0 unspecified atom stereocenters. The van der Waals surface area contributed by atoms with Gasteiger partial charge in [-0.2, -0.15) is 0 Å². The van der Waals surface area contributed by atoms with Gasteiger partial charge >= 0.3 is 0 Å². The van der Waals surface area contributed by atoms with E-state index < -0.39 is 0 Å². The molecule has 0 fully saturated rings. The Morgan fingerprint density at radius 2 is 1.96 bits per heavy atom. The molecular weight excluding hydrogens is 332 g/mol. The standard InChI is InChI=1S/C20H18N2O2S/c1-22-19(24)16-7-2-3-8-17(16)21-20(22)25-12-18(23)15-10-9-13-5-4-6-14(13)11-15/h2-3,7-11H,4-6,12H2,1H3. The highest BCUT2D eigenvalue weighted by molar-refractivity contribution is 7.99. The number of aromatic nitrogens is 2. The van der Waals surface area contributed by atoms with Gasteiger partial charge in [0.05, 0.1) is 16.7 Å². The molecule has 25 heavy (non-hydrogen) atoms.